The van der Waals surface area contributed by atoms with E-state index in [1.165, 1.54) is 0 Å². The van der Waals surface area contributed by atoms with E-state index < -0.39 is 10.8 Å². The number of carbonyl (C=O) groups excluding carboxylic acids is 1. The second-order valence-corrected chi connectivity index (χ2v) is 4.92. The molecule has 2 rings (SSSR count). The van der Waals surface area contributed by atoms with Crippen molar-refractivity contribution in [2.24, 2.45) is 0 Å². The Hall–Kier alpha value is -1.67. The van der Waals surface area contributed by atoms with Crippen LogP contribution in [0.1, 0.15) is 42.4 Å². The third-order valence-corrected chi connectivity index (χ3v) is 3.34. The largest absolute Gasteiger partial charge is 0.346 e. The van der Waals surface area contributed by atoms with Crippen LogP contribution in [-0.2, 0) is 6.42 Å². The summed E-state index contributed by atoms with van der Waals surface area (Å²) in [5.41, 5.74) is 0.0848. The van der Waals surface area contributed by atoms with Crippen molar-refractivity contribution in [3.8, 4) is 0 Å². The van der Waals surface area contributed by atoms with Crippen molar-refractivity contribution in [1.29, 1.82) is 0 Å². The zero-order chi connectivity index (χ0) is 14.5. The number of aryl methyl sites for hydroxylation is 1. The van der Waals surface area contributed by atoms with E-state index in [1.807, 2.05) is 6.92 Å². The number of aromatic nitrogens is 2. The first-order valence-corrected chi connectivity index (χ1v) is 6.86. The van der Waals surface area contributed by atoms with Gasteiger partial charge in [-0.25, -0.2) is 0 Å². The first kappa shape index (κ1) is 17.4. The van der Waals surface area contributed by atoms with Crippen LogP contribution in [0, 0.1) is 10.1 Å². The molecule has 0 aromatic carbocycles. The van der Waals surface area contributed by atoms with Gasteiger partial charge in [-0.15, -0.1) is 12.4 Å². The Morgan fingerprint density at radius 2 is 2.33 bits per heavy atom. The molecular formula is C12H20ClN5O3. The van der Waals surface area contributed by atoms with E-state index in [2.05, 4.69) is 20.8 Å². The number of halogens is 1. The van der Waals surface area contributed by atoms with Crippen LogP contribution in [-0.4, -0.2) is 40.2 Å². The van der Waals surface area contributed by atoms with Crippen LogP contribution in [0.5, 0.6) is 0 Å². The molecule has 0 saturated carbocycles. The Bertz CT molecular complexity index is 499. The van der Waals surface area contributed by atoms with E-state index in [-0.39, 0.29) is 29.8 Å². The fraction of sp³-hybridized carbons (Fsp3) is 0.667. The zero-order valence-corrected chi connectivity index (χ0v) is 12.7. The van der Waals surface area contributed by atoms with Crippen molar-refractivity contribution in [1.82, 2.24) is 20.8 Å². The van der Waals surface area contributed by atoms with Crippen LogP contribution >= 0.6 is 12.4 Å². The van der Waals surface area contributed by atoms with Crippen LogP contribution in [0.3, 0.4) is 0 Å². The van der Waals surface area contributed by atoms with Gasteiger partial charge in [0.25, 0.3) is 5.91 Å². The van der Waals surface area contributed by atoms with E-state index in [0.717, 1.165) is 25.8 Å². The average molecular weight is 318 g/mol. The number of piperidine rings is 1. The maximum atomic E-state index is 12.1. The predicted octanol–water partition coefficient (Wildman–Crippen LogP) is 1.17. The van der Waals surface area contributed by atoms with Crippen molar-refractivity contribution in [2.75, 3.05) is 13.1 Å². The number of nitrogens with zero attached hydrogens (tertiary/aromatic N) is 2. The van der Waals surface area contributed by atoms with Gasteiger partial charge in [0.05, 0.1) is 4.92 Å². The van der Waals surface area contributed by atoms with Gasteiger partial charge >= 0.3 is 5.69 Å². The summed E-state index contributed by atoms with van der Waals surface area (Å²) in [7, 11) is 0. The molecule has 9 heteroatoms. The zero-order valence-electron chi connectivity index (χ0n) is 11.8. The molecule has 2 heterocycles. The molecule has 0 spiro atoms. The predicted molar refractivity (Wildman–Crippen MR) is 79.8 cm³/mol. The second-order valence-electron chi connectivity index (χ2n) is 4.92. The lowest BCUT2D eigenvalue weighted by Gasteiger charge is -2.23. The first-order valence-electron chi connectivity index (χ1n) is 6.86. The molecule has 21 heavy (non-hydrogen) atoms. The highest BCUT2D eigenvalue weighted by molar-refractivity contribution is 5.96. The van der Waals surface area contributed by atoms with Crippen molar-refractivity contribution in [2.45, 2.75) is 38.6 Å². The summed E-state index contributed by atoms with van der Waals surface area (Å²) >= 11 is 0. The van der Waals surface area contributed by atoms with Crippen molar-refractivity contribution in [3.05, 3.63) is 21.5 Å². The number of rotatable bonds is 5. The molecule has 0 radical (unpaired) electrons. The van der Waals surface area contributed by atoms with Gasteiger partial charge < -0.3 is 10.6 Å². The number of aromatic amines is 1. The SMILES string of the molecule is CCCc1[nH]nc(C(=O)N[C@H]2CCCNC2)c1[N+](=O)[O-].Cl. The van der Waals surface area contributed by atoms with E-state index in [9.17, 15) is 14.9 Å². The van der Waals surface area contributed by atoms with E-state index in [1.54, 1.807) is 0 Å². The maximum Gasteiger partial charge on any atom is 0.322 e. The number of H-pyrrole nitrogens is 1. The number of carbonyl (C=O) groups is 1. The topological polar surface area (TPSA) is 113 Å². The summed E-state index contributed by atoms with van der Waals surface area (Å²) in [6.07, 6.45) is 3.10. The number of hydrogen-bond donors (Lipinski definition) is 3. The fourth-order valence-electron chi connectivity index (χ4n) is 2.38. The van der Waals surface area contributed by atoms with E-state index >= 15 is 0 Å². The summed E-state index contributed by atoms with van der Waals surface area (Å²) < 4.78 is 0. The van der Waals surface area contributed by atoms with Gasteiger partial charge in [0.1, 0.15) is 5.69 Å². The molecule has 1 aliphatic rings. The molecule has 1 aromatic rings. The van der Waals surface area contributed by atoms with Crippen molar-refractivity contribution < 1.29 is 9.72 Å². The molecule has 1 atom stereocenters. The molecule has 0 unspecified atom stereocenters. The van der Waals surface area contributed by atoms with Gasteiger partial charge in [-0.05, 0) is 25.8 Å². The molecule has 1 aliphatic heterocycles. The van der Waals surface area contributed by atoms with Crippen molar-refractivity contribution in [3.63, 3.8) is 0 Å². The average Bonchev–Trinajstić information content (AvgIpc) is 2.84. The van der Waals surface area contributed by atoms with Gasteiger partial charge in [-0.3, -0.25) is 20.0 Å². The normalized spacial score (nSPS) is 17.9. The minimum absolute atomic E-state index is 0. The first-order chi connectivity index (χ1) is 9.63. The lowest BCUT2D eigenvalue weighted by atomic mass is 10.1. The molecule has 1 amide bonds. The fourth-order valence-corrected chi connectivity index (χ4v) is 2.38. The Kier molecular flexibility index (Phi) is 6.57. The Morgan fingerprint density at radius 1 is 1.57 bits per heavy atom. The molecule has 8 nitrogen and oxygen atoms in total. The molecule has 0 bridgehead atoms. The quantitative estimate of drug-likeness (QED) is 0.557. The summed E-state index contributed by atoms with van der Waals surface area (Å²) in [6.45, 7) is 3.54. The number of amides is 1. The molecule has 1 aromatic heterocycles. The number of hydrogen-bond acceptors (Lipinski definition) is 5. The number of nitro groups is 1. The molecule has 1 saturated heterocycles. The van der Waals surface area contributed by atoms with Gasteiger partial charge in [-0.2, -0.15) is 5.10 Å². The summed E-state index contributed by atoms with van der Waals surface area (Å²) in [4.78, 5) is 22.7. The second kappa shape index (κ2) is 7.94. The van der Waals surface area contributed by atoms with Crippen LogP contribution in [0.4, 0.5) is 5.69 Å². The summed E-state index contributed by atoms with van der Waals surface area (Å²) in [5, 5.41) is 23.5. The maximum absolute atomic E-state index is 12.1. The lowest BCUT2D eigenvalue weighted by molar-refractivity contribution is -0.385. The van der Waals surface area contributed by atoms with Crippen LogP contribution in [0.2, 0.25) is 0 Å². The third kappa shape index (κ3) is 4.15. The summed E-state index contributed by atoms with van der Waals surface area (Å²) in [5.74, 6) is -0.482. The molecule has 3 N–H and O–H groups in total. The van der Waals surface area contributed by atoms with Crippen molar-refractivity contribution >= 4 is 24.0 Å². The van der Waals surface area contributed by atoms with Gasteiger partial charge in [-0.1, -0.05) is 13.3 Å². The molecule has 1 fully saturated rings. The lowest BCUT2D eigenvalue weighted by Crippen LogP contribution is -2.45. The Morgan fingerprint density at radius 3 is 2.90 bits per heavy atom. The van der Waals surface area contributed by atoms with Crippen LogP contribution < -0.4 is 10.6 Å². The number of nitrogens with one attached hydrogen (secondary N) is 3. The highest BCUT2D eigenvalue weighted by Crippen LogP contribution is 2.22. The van der Waals surface area contributed by atoms with Gasteiger partial charge in [0, 0.05) is 12.6 Å². The smallest absolute Gasteiger partial charge is 0.322 e. The highest BCUT2D eigenvalue weighted by Gasteiger charge is 2.29. The minimum Gasteiger partial charge on any atom is -0.346 e. The van der Waals surface area contributed by atoms with E-state index in [0.29, 0.717) is 18.7 Å². The molecule has 0 aliphatic carbocycles. The molecular weight excluding hydrogens is 298 g/mol. The van der Waals surface area contributed by atoms with E-state index in [4.69, 9.17) is 0 Å². The third-order valence-electron chi connectivity index (χ3n) is 3.34. The Balaban J connectivity index is 0.00000220. The van der Waals surface area contributed by atoms with Crippen LogP contribution in [0.15, 0.2) is 0 Å². The van der Waals surface area contributed by atoms with Crippen LogP contribution in [0.25, 0.3) is 0 Å². The van der Waals surface area contributed by atoms with Gasteiger partial charge in [0.15, 0.2) is 0 Å². The molecule has 118 valence electrons. The van der Waals surface area contributed by atoms with Gasteiger partial charge in [0.2, 0.25) is 5.69 Å². The summed E-state index contributed by atoms with van der Waals surface area (Å²) in [6, 6.07) is 0.00202. The highest BCUT2D eigenvalue weighted by atomic mass is 35.5. The standard InChI is InChI=1S/C12H19N5O3.ClH/c1-2-4-9-11(17(19)20)10(16-15-9)12(18)14-8-5-3-6-13-7-8;/h8,13H,2-7H2,1H3,(H,14,18)(H,15,16);1H/t8-;/m0./s1. The Labute approximate surface area is 128 Å². The minimum atomic E-state index is -0.539. The monoisotopic (exact) mass is 317 g/mol.